The summed E-state index contributed by atoms with van der Waals surface area (Å²) in [6.07, 6.45) is 7.02. The SMILES string of the molecule is NC1C2CCCOC2C1NC(=O)NC1CCCC1. The summed E-state index contributed by atoms with van der Waals surface area (Å²) in [5.41, 5.74) is 6.11. The van der Waals surface area contributed by atoms with E-state index in [4.69, 9.17) is 10.5 Å². The van der Waals surface area contributed by atoms with E-state index in [-0.39, 0.29) is 24.2 Å². The van der Waals surface area contributed by atoms with Crippen molar-refractivity contribution in [2.45, 2.75) is 62.8 Å². The summed E-state index contributed by atoms with van der Waals surface area (Å²) in [5.74, 6) is 0.440. The topological polar surface area (TPSA) is 76.4 Å². The molecule has 4 unspecified atom stereocenters. The van der Waals surface area contributed by atoms with Gasteiger partial charge in [-0.3, -0.25) is 0 Å². The summed E-state index contributed by atoms with van der Waals surface area (Å²) >= 11 is 0. The Hall–Kier alpha value is -0.810. The van der Waals surface area contributed by atoms with Gasteiger partial charge in [0.05, 0.1) is 12.1 Å². The van der Waals surface area contributed by atoms with Crippen LogP contribution in [-0.2, 0) is 4.74 Å². The van der Waals surface area contributed by atoms with Crippen LogP contribution in [0.5, 0.6) is 0 Å². The number of hydrogen-bond acceptors (Lipinski definition) is 3. The molecular weight excluding hydrogens is 230 g/mol. The lowest BCUT2D eigenvalue weighted by Crippen LogP contribution is -2.72. The number of amides is 2. The highest BCUT2D eigenvalue weighted by Crippen LogP contribution is 2.36. The van der Waals surface area contributed by atoms with Crippen LogP contribution < -0.4 is 16.4 Å². The van der Waals surface area contributed by atoms with Crippen molar-refractivity contribution in [1.82, 2.24) is 10.6 Å². The summed E-state index contributed by atoms with van der Waals surface area (Å²) in [6.45, 7) is 0.802. The molecular formula is C13H23N3O2. The molecule has 18 heavy (non-hydrogen) atoms. The molecule has 0 aromatic heterocycles. The first-order chi connectivity index (χ1) is 8.75. The van der Waals surface area contributed by atoms with Gasteiger partial charge in [-0.1, -0.05) is 12.8 Å². The number of nitrogens with one attached hydrogen (secondary N) is 2. The van der Waals surface area contributed by atoms with Crippen LogP contribution in [0.2, 0.25) is 0 Å². The number of hydrogen-bond donors (Lipinski definition) is 3. The molecule has 0 spiro atoms. The predicted octanol–water partition coefficient (Wildman–Crippen LogP) is 0.733. The fourth-order valence-corrected chi connectivity index (χ4v) is 3.57. The second-order valence-electron chi connectivity index (χ2n) is 5.84. The molecule has 1 aliphatic heterocycles. The third kappa shape index (κ3) is 2.21. The first-order valence-electron chi connectivity index (χ1n) is 7.20. The van der Waals surface area contributed by atoms with Gasteiger partial charge in [0.15, 0.2) is 0 Å². The number of carbonyl (C=O) groups is 1. The summed E-state index contributed by atoms with van der Waals surface area (Å²) in [4.78, 5) is 11.9. The van der Waals surface area contributed by atoms with Crippen molar-refractivity contribution in [2.24, 2.45) is 11.7 Å². The average Bonchev–Trinajstić information content (AvgIpc) is 2.88. The van der Waals surface area contributed by atoms with E-state index in [1.54, 1.807) is 0 Å². The molecule has 0 bridgehead atoms. The third-order valence-electron chi connectivity index (χ3n) is 4.67. The van der Waals surface area contributed by atoms with Crippen LogP contribution in [-0.4, -0.2) is 36.9 Å². The highest BCUT2D eigenvalue weighted by Gasteiger charge is 2.51. The first-order valence-corrected chi connectivity index (χ1v) is 7.20. The minimum absolute atomic E-state index is 0.00305. The fourth-order valence-electron chi connectivity index (χ4n) is 3.57. The van der Waals surface area contributed by atoms with Gasteiger partial charge in [0.25, 0.3) is 0 Å². The predicted molar refractivity (Wildman–Crippen MR) is 68.2 cm³/mol. The van der Waals surface area contributed by atoms with Crippen LogP contribution in [0.1, 0.15) is 38.5 Å². The maximum atomic E-state index is 11.9. The average molecular weight is 253 g/mol. The zero-order chi connectivity index (χ0) is 12.5. The van der Waals surface area contributed by atoms with Crippen molar-refractivity contribution in [3.05, 3.63) is 0 Å². The number of urea groups is 1. The highest BCUT2D eigenvalue weighted by molar-refractivity contribution is 5.75. The molecule has 1 saturated heterocycles. The zero-order valence-electron chi connectivity index (χ0n) is 10.7. The Morgan fingerprint density at radius 2 is 1.89 bits per heavy atom. The first kappa shape index (κ1) is 12.2. The molecule has 1 heterocycles. The fraction of sp³-hybridized carbons (Fsp3) is 0.923. The lowest BCUT2D eigenvalue weighted by atomic mass is 9.69. The molecule has 3 aliphatic rings. The van der Waals surface area contributed by atoms with Gasteiger partial charge in [-0.15, -0.1) is 0 Å². The van der Waals surface area contributed by atoms with Crippen molar-refractivity contribution in [2.75, 3.05) is 6.61 Å². The molecule has 0 radical (unpaired) electrons. The van der Waals surface area contributed by atoms with E-state index < -0.39 is 0 Å². The van der Waals surface area contributed by atoms with Crippen molar-refractivity contribution < 1.29 is 9.53 Å². The van der Waals surface area contributed by atoms with Gasteiger partial charge >= 0.3 is 6.03 Å². The molecule has 5 nitrogen and oxygen atoms in total. The van der Waals surface area contributed by atoms with Gasteiger partial charge in [-0.2, -0.15) is 0 Å². The Morgan fingerprint density at radius 3 is 2.67 bits per heavy atom. The van der Waals surface area contributed by atoms with Crippen molar-refractivity contribution in [1.29, 1.82) is 0 Å². The van der Waals surface area contributed by atoms with E-state index >= 15 is 0 Å². The number of carbonyl (C=O) groups excluding carboxylic acids is 1. The Kier molecular flexibility index (Phi) is 3.43. The highest BCUT2D eigenvalue weighted by atomic mass is 16.5. The molecule has 2 aliphatic carbocycles. The summed E-state index contributed by atoms with van der Waals surface area (Å²) in [5, 5.41) is 6.03. The van der Waals surface area contributed by atoms with Gasteiger partial charge in [0.2, 0.25) is 0 Å². The van der Waals surface area contributed by atoms with E-state index in [0.717, 1.165) is 32.3 Å². The number of nitrogens with two attached hydrogens (primary N) is 1. The minimum atomic E-state index is -0.0741. The third-order valence-corrected chi connectivity index (χ3v) is 4.67. The molecule has 4 N–H and O–H groups in total. The summed E-state index contributed by atoms with van der Waals surface area (Å²) in [7, 11) is 0. The van der Waals surface area contributed by atoms with Crippen LogP contribution in [0, 0.1) is 5.92 Å². The quantitative estimate of drug-likeness (QED) is 0.679. The standard InChI is InChI=1S/C13H23N3O2/c14-10-9-6-3-7-18-12(9)11(10)16-13(17)15-8-4-1-2-5-8/h8-12H,1-7,14H2,(H2,15,16,17). The second-order valence-corrected chi connectivity index (χ2v) is 5.84. The largest absolute Gasteiger partial charge is 0.376 e. The zero-order valence-corrected chi connectivity index (χ0v) is 10.7. The molecule has 2 amide bonds. The molecule has 0 aromatic carbocycles. The van der Waals surface area contributed by atoms with Crippen LogP contribution in [0.3, 0.4) is 0 Å². The number of fused-ring (bicyclic) bond motifs is 1. The number of rotatable bonds is 2. The molecule has 2 saturated carbocycles. The molecule has 3 fully saturated rings. The van der Waals surface area contributed by atoms with Crippen molar-refractivity contribution in [3.63, 3.8) is 0 Å². The normalized spacial score (nSPS) is 39.8. The van der Waals surface area contributed by atoms with Gasteiger partial charge in [0.1, 0.15) is 0 Å². The molecule has 3 rings (SSSR count). The lowest BCUT2D eigenvalue weighted by Gasteiger charge is -2.52. The summed E-state index contributed by atoms with van der Waals surface area (Å²) in [6, 6.07) is 0.334. The van der Waals surface area contributed by atoms with E-state index in [1.807, 2.05) is 0 Å². The summed E-state index contributed by atoms with van der Waals surface area (Å²) < 4.78 is 5.71. The van der Waals surface area contributed by atoms with E-state index in [2.05, 4.69) is 10.6 Å². The smallest absolute Gasteiger partial charge is 0.315 e. The molecule has 4 atom stereocenters. The van der Waals surface area contributed by atoms with Crippen LogP contribution in [0.15, 0.2) is 0 Å². The van der Waals surface area contributed by atoms with Gasteiger partial charge in [-0.05, 0) is 25.7 Å². The van der Waals surface area contributed by atoms with Gasteiger partial charge in [-0.25, -0.2) is 4.79 Å². The molecule has 0 aromatic rings. The van der Waals surface area contributed by atoms with E-state index in [1.165, 1.54) is 12.8 Å². The maximum Gasteiger partial charge on any atom is 0.315 e. The van der Waals surface area contributed by atoms with Crippen LogP contribution in [0.4, 0.5) is 4.79 Å². The number of ether oxygens (including phenoxy) is 1. The Morgan fingerprint density at radius 1 is 1.11 bits per heavy atom. The Balaban J connectivity index is 1.48. The van der Waals surface area contributed by atoms with Gasteiger partial charge < -0.3 is 21.1 Å². The van der Waals surface area contributed by atoms with Gasteiger partial charge in [0, 0.05) is 24.6 Å². The van der Waals surface area contributed by atoms with Crippen molar-refractivity contribution in [3.8, 4) is 0 Å². The van der Waals surface area contributed by atoms with Crippen molar-refractivity contribution >= 4 is 6.03 Å². The Bertz CT molecular complexity index is 317. The lowest BCUT2D eigenvalue weighted by molar-refractivity contribution is -0.116. The van der Waals surface area contributed by atoms with E-state index in [9.17, 15) is 4.79 Å². The Labute approximate surface area is 108 Å². The molecule has 102 valence electrons. The molecule has 5 heteroatoms. The monoisotopic (exact) mass is 253 g/mol. The maximum absolute atomic E-state index is 11.9. The minimum Gasteiger partial charge on any atom is -0.376 e. The van der Waals surface area contributed by atoms with E-state index in [0.29, 0.717) is 12.0 Å². The second kappa shape index (κ2) is 5.05. The van der Waals surface area contributed by atoms with Crippen LogP contribution in [0.25, 0.3) is 0 Å². The van der Waals surface area contributed by atoms with Crippen LogP contribution >= 0.6 is 0 Å².